The minimum atomic E-state index is -0.702. The van der Waals surface area contributed by atoms with Gasteiger partial charge in [-0.15, -0.1) is 0 Å². The first kappa shape index (κ1) is 16.0. The van der Waals surface area contributed by atoms with Gasteiger partial charge in [-0.2, -0.15) is 0 Å². The van der Waals surface area contributed by atoms with Gasteiger partial charge in [0.05, 0.1) is 6.61 Å². The molecule has 6 nitrogen and oxygen atoms in total. The van der Waals surface area contributed by atoms with Crippen molar-refractivity contribution in [3.05, 3.63) is 29.8 Å². The van der Waals surface area contributed by atoms with Crippen molar-refractivity contribution in [1.82, 2.24) is 5.32 Å². The van der Waals surface area contributed by atoms with Crippen LogP contribution in [-0.2, 0) is 9.53 Å². The van der Waals surface area contributed by atoms with Gasteiger partial charge in [-0.05, 0) is 38.5 Å². The van der Waals surface area contributed by atoms with E-state index in [1.807, 2.05) is 19.1 Å². The molecule has 0 aliphatic rings. The van der Waals surface area contributed by atoms with Crippen LogP contribution in [0.1, 0.15) is 32.4 Å². The molecule has 0 saturated carbocycles. The van der Waals surface area contributed by atoms with Crippen LogP contribution in [0.3, 0.4) is 0 Å². The van der Waals surface area contributed by atoms with Gasteiger partial charge in [0.25, 0.3) is 0 Å². The molecule has 6 heteroatoms. The Morgan fingerprint density at radius 3 is 2.65 bits per heavy atom. The molecule has 2 atom stereocenters. The SMILES string of the molecule is CCOC(=O)C(C)NC(=O)Nc1cccc(C(C)N)c1. The highest BCUT2D eigenvalue weighted by molar-refractivity contribution is 5.92. The Morgan fingerprint density at radius 1 is 1.35 bits per heavy atom. The number of urea groups is 1. The molecule has 2 amide bonds. The first-order chi connectivity index (χ1) is 9.43. The van der Waals surface area contributed by atoms with Gasteiger partial charge in [0.1, 0.15) is 6.04 Å². The number of rotatable bonds is 5. The van der Waals surface area contributed by atoms with Crippen LogP contribution in [0.15, 0.2) is 24.3 Å². The molecule has 0 spiro atoms. The number of nitrogens with two attached hydrogens (primary N) is 1. The Bertz CT molecular complexity index is 474. The first-order valence-corrected chi connectivity index (χ1v) is 6.53. The lowest BCUT2D eigenvalue weighted by atomic mass is 10.1. The van der Waals surface area contributed by atoms with Gasteiger partial charge < -0.3 is 21.1 Å². The van der Waals surface area contributed by atoms with E-state index in [9.17, 15) is 9.59 Å². The number of esters is 1. The molecule has 0 saturated heterocycles. The Labute approximate surface area is 118 Å². The molecular formula is C14H21N3O3. The maximum absolute atomic E-state index is 11.8. The Hall–Kier alpha value is -2.08. The van der Waals surface area contributed by atoms with E-state index >= 15 is 0 Å². The fourth-order valence-electron chi connectivity index (χ4n) is 1.59. The molecule has 0 aliphatic heterocycles. The van der Waals surface area contributed by atoms with E-state index < -0.39 is 18.0 Å². The topological polar surface area (TPSA) is 93.4 Å². The number of benzene rings is 1. The summed E-state index contributed by atoms with van der Waals surface area (Å²) >= 11 is 0. The van der Waals surface area contributed by atoms with Crippen molar-refractivity contribution >= 4 is 17.7 Å². The van der Waals surface area contributed by atoms with Crippen molar-refractivity contribution in [2.75, 3.05) is 11.9 Å². The van der Waals surface area contributed by atoms with Crippen molar-refractivity contribution in [1.29, 1.82) is 0 Å². The fraction of sp³-hybridized carbons (Fsp3) is 0.429. The molecular weight excluding hydrogens is 258 g/mol. The highest BCUT2D eigenvalue weighted by Crippen LogP contribution is 2.15. The lowest BCUT2D eigenvalue weighted by Crippen LogP contribution is -2.41. The second kappa shape index (κ2) is 7.49. The summed E-state index contributed by atoms with van der Waals surface area (Å²) in [5.41, 5.74) is 7.31. The minimum Gasteiger partial charge on any atom is -0.464 e. The molecule has 1 rings (SSSR count). The lowest BCUT2D eigenvalue weighted by molar-refractivity contribution is -0.144. The third-order valence-corrected chi connectivity index (χ3v) is 2.66. The predicted octanol–water partition coefficient (Wildman–Crippen LogP) is 1.78. The van der Waals surface area contributed by atoms with E-state index in [1.54, 1.807) is 26.0 Å². The van der Waals surface area contributed by atoms with Crippen molar-refractivity contribution < 1.29 is 14.3 Å². The van der Waals surface area contributed by atoms with Crippen LogP contribution in [0, 0.1) is 0 Å². The highest BCUT2D eigenvalue weighted by atomic mass is 16.5. The number of anilines is 1. The smallest absolute Gasteiger partial charge is 0.328 e. The van der Waals surface area contributed by atoms with E-state index in [1.165, 1.54) is 0 Å². The summed E-state index contributed by atoms with van der Waals surface area (Å²) in [5, 5.41) is 5.16. The summed E-state index contributed by atoms with van der Waals surface area (Å²) in [7, 11) is 0. The number of hydrogen-bond acceptors (Lipinski definition) is 4. The maximum atomic E-state index is 11.8. The molecule has 110 valence electrons. The van der Waals surface area contributed by atoms with E-state index in [-0.39, 0.29) is 12.6 Å². The van der Waals surface area contributed by atoms with Crippen LogP contribution in [0.5, 0.6) is 0 Å². The number of amides is 2. The molecule has 0 aliphatic carbocycles. The van der Waals surface area contributed by atoms with E-state index in [0.29, 0.717) is 5.69 Å². The van der Waals surface area contributed by atoms with Crippen LogP contribution in [0.4, 0.5) is 10.5 Å². The molecule has 0 fully saturated rings. The van der Waals surface area contributed by atoms with Crippen LogP contribution in [0.2, 0.25) is 0 Å². The quantitative estimate of drug-likeness (QED) is 0.716. The molecule has 0 radical (unpaired) electrons. The Morgan fingerprint density at radius 2 is 2.05 bits per heavy atom. The standard InChI is InChI=1S/C14H21N3O3/c1-4-20-13(18)10(3)16-14(19)17-12-7-5-6-11(8-12)9(2)15/h5-10H,4,15H2,1-3H3,(H2,16,17,19). The number of carbonyl (C=O) groups is 2. The van der Waals surface area contributed by atoms with Gasteiger partial charge in [0, 0.05) is 11.7 Å². The van der Waals surface area contributed by atoms with Crippen LogP contribution < -0.4 is 16.4 Å². The number of carbonyl (C=O) groups excluding carboxylic acids is 2. The molecule has 1 aromatic carbocycles. The van der Waals surface area contributed by atoms with E-state index in [4.69, 9.17) is 10.5 Å². The molecule has 2 unspecified atom stereocenters. The summed E-state index contributed by atoms with van der Waals surface area (Å²) < 4.78 is 4.81. The Kier molecular flexibility index (Phi) is 5.99. The normalized spacial score (nSPS) is 13.2. The second-order valence-corrected chi connectivity index (χ2v) is 4.49. The average Bonchev–Trinajstić information content (AvgIpc) is 2.39. The van der Waals surface area contributed by atoms with Crippen molar-refractivity contribution in [2.45, 2.75) is 32.9 Å². The molecule has 20 heavy (non-hydrogen) atoms. The minimum absolute atomic E-state index is 0.113. The highest BCUT2D eigenvalue weighted by Gasteiger charge is 2.16. The van der Waals surface area contributed by atoms with Crippen LogP contribution >= 0.6 is 0 Å². The van der Waals surface area contributed by atoms with Gasteiger partial charge >= 0.3 is 12.0 Å². The Balaban J connectivity index is 2.58. The molecule has 0 bridgehead atoms. The zero-order valence-corrected chi connectivity index (χ0v) is 12.0. The van der Waals surface area contributed by atoms with Gasteiger partial charge in [-0.3, -0.25) is 0 Å². The van der Waals surface area contributed by atoms with E-state index in [0.717, 1.165) is 5.56 Å². The monoisotopic (exact) mass is 279 g/mol. The summed E-state index contributed by atoms with van der Waals surface area (Å²) in [6.07, 6.45) is 0. The second-order valence-electron chi connectivity index (χ2n) is 4.49. The number of hydrogen-bond donors (Lipinski definition) is 3. The van der Waals surface area contributed by atoms with Crippen LogP contribution in [-0.4, -0.2) is 24.6 Å². The van der Waals surface area contributed by atoms with Gasteiger partial charge in [0.2, 0.25) is 0 Å². The maximum Gasteiger partial charge on any atom is 0.328 e. The van der Waals surface area contributed by atoms with Crippen molar-refractivity contribution in [3.63, 3.8) is 0 Å². The molecule has 1 aromatic rings. The summed E-state index contributed by atoms with van der Waals surface area (Å²) in [5.74, 6) is -0.466. The number of ether oxygens (including phenoxy) is 1. The summed E-state index contributed by atoms with van der Waals surface area (Å²) in [6, 6.07) is 5.95. The average molecular weight is 279 g/mol. The zero-order valence-electron chi connectivity index (χ0n) is 12.0. The predicted molar refractivity (Wildman–Crippen MR) is 77.3 cm³/mol. The first-order valence-electron chi connectivity index (χ1n) is 6.53. The van der Waals surface area contributed by atoms with Gasteiger partial charge in [-0.1, -0.05) is 12.1 Å². The third kappa shape index (κ3) is 4.89. The third-order valence-electron chi connectivity index (χ3n) is 2.66. The van der Waals surface area contributed by atoms with E-state index in [2.05, 4.69) is 10.6 Å². The van der Waals surface area contributed by atoms with Crippen molar-refractivity contribution in [3.8, 4) is 0 Å². The van der Waals surface area contributed by atoms with Crippen molar-refractivity contribution in [2.24, 2.45) is 5.73 Å². The number of nitrogens with one attached hydrogen (secondary N) is 2. The fourth-order valence-corrected chi connectivity index (χ4v) is 1.59. The lowest BCUT2D eigenvalue weighted by Gasteiger charge is -2.14. The van der Waals surface area contributed by atoms with Crippen LogP contribution in [0.25, 0.3) is 0 Å². The summed E-state index contributed by atoms with van der Waals surface area (Å²) in [4.78, 5) is 23.1. The molecule has 0 heterocycles. The molecule has 4 N–H and O–H groups in total. The van der Waals surface area contributed by atoms with Gasteiger partial charge in [0.15, 0.2) is 0 Å². The largest absolute Gasteiger partial charge is 0.464 e. The van der Waals surface area contributed by atoms with Gasteiger partial charge in [-0.25, -0.2) is 9.59 Å². The zero-order chi connectivity index (χ0) is 15.1. The molecule has 0 aromatic heterocycles. The summed E-state index contributed by atoms with van der Waals surface area (Å²) in [6.45, 7) is 5.42.